The fraction of sp³-hybridized carbons (Fsp3) is 0.389. The second-order valence-electron chi connectivity index (χ2n) is 5.47. The molecule has 0 atom stereocenters. The molecule has 122 valence electrons. The number of allylic oxidation sites excluding steroid dienone is 6. The number of rotatable bonds is 7. The van der Waals surface area contributed by atoms with Crippen LogP contribution < -0.4 is 5.56 Å². The van der Waals surface area contributed by atoms with Gasteiger partial charge < -0.3 is 4.79 Å². The molecule has 0 saturated heterocycles. The maximum atomic E-state index is 12.3. The molecule has 1 aliphatic carbocycles. The van der Waals surface area contributed by atoms with Crippen LogP contribution in [0.2, 0.25) is 0 Å². The molecule has 0 amide bonds. The van der Waals surface area contributed by atoms with Crippen LogP contribution in [0.4, 0.5) is 0 Å². The minimum absolute atomic E-state index is 0.0498. The number of aryl methyl sites for hydroxylation is 1. The number of carbonyl (C=O) groups excluding carboxylic acids is 1. The summed E-state index contributed by atoms with van der Waals surface area (Å²) in [5.41, 5.74) is 1.29. The standard InChI is InChI=1S/C18H21ClN2O2/c1-2-3-4-8-17-20-16(13-18(23)21(17)11-12-22)14-6-5-7-15(19)10-9-14/h5-6,9-10,12-13H,2-4,7-8,11H2,1H3. The lowest BCUT2D eigenvalue weighted by Gasteiger charge is -2.11. The van der Waals surface area contributed by atoms with Crippen molar-refractivity contribution >= 4 is 23.5 Å². The molecular formula is C18H21ClN2O2. The molecule has 1 heterocycles. The Kier molecular flexibility index (Phi) is 6.53. The van der Waals surface area contributed by atoms with E-state index in [4.69, 9.17) is 11.6 Å². The lowest BCUT2D eigenvalue weighted by Crippen LogP contribution is -2.26. The summed E-state index contributed by atoms with van der Waals surface area (Å²) in [5, 5.41) is 0.744. The Morgan fingerprint density at radius 2 is 2.17 bits per heavy atom. The first-order valence-corrected chi connectivity index (χ1v) is 8.31. The van der Waals surface area contributed by atoms with Crippen molar-refractivity contribution < 1.29 is 4.79 Å². The largest absolute Gasteiger partial charge is 0.301 e. The monoisotopic (exact) mass is 332 g/mol. The summed E-state index contributed by atoms with van der Waals surface area (Å²) in [7, 11) is 0. The Morgan fingerprint density at radius 3 is 2.91 bits per heavy atom. The van der Waals surface area contributed by atoms with E-state index in [0.717, 1.165) is 36.2 Å². The predicted molar refractivity (Wildman–Crippen MR) is 93.5 cm³/mol. The highest BCUT2D eigenvalue weighted by Gasteiger charge is 2.11. The van der Waals surface area contributed by atoms with E-state index in [-0.39, 0.29) is 12.1 Å². The number of aldehydes is 1. The molecule has 0 radical (unpaired) electrons. The van der Waals surface area contributed by atoms with Gasteiger partial charge in [-0.1, -0.05) is 49.6 Å². The molecule has 1 aromatic rings. The highest BCUT2D eigenvalue weighted by molar-refractivity contribution is 6.29. The quantitative estimate of drug-likeness (QED) is 0.566. The van der Waals surface area contributed by atoms with Crippen molar-refractivity contribution in [2.24, 2.45) is 0 Å². The second-order valence-corrected chi connectivity index (χ2v) is 5.96. The van der Waals surface area contributed by atoms with Crippen LogP contribution >= 0.6 is 11.6 Å². The molecule has 5 heteroatoms. The minimum Gasteiger partial charge on any atom is -0.301 e. The van der Waals surface area contributed by atoms with Crippen molar-refractivity contribution in [3.05, 3.63) is 57.3 Å². The van der Waals surface area contributed by atoms with Crippen molar-refractivity contribution in [1.82, 2.24) is 9.55 Å². The van der Waals surface area contributed by atoms with Gasteiger partial charge in [0.2, 0.25) is 0 Å². The van der Waals surface area contributed by atoms with Crippen molar-refractivity contribution in [2.45, 2.75) is 45.6 Å². The van der Waals surface area contributed by atoms with Crippen molar-refractivity contribution in [1.29, 1.82) is 0 Å². The summed E-state index contributed by atoms with van der Waals surface area (Å²) in [4.78, 5) is 27.8. The lowest BCUT2D eigenvalue weighted by atomic mass is 10.1. The maximum absolute atomic E-state index is 12.3. The smallest absolute Gasteiger partial charge is 0.254 e. The normalized spacial score (nSPS) is 14.2. The predicted octanol–water partition coefficient (Wildman–Crippen LogP) is 3.64. The van der Waals surface area contributed by atoms with Crippen LogP contribution in [0.15, 0.2) is 40.2 Å². The van der Waals surface area contributed by atoms with Gasteiger partial charge in [-0.25, -0.2) is 4.98 Å². The topological polar surface area (TPSA) is 52.0 Å². The van der Waals surface area contributed by atoms with Crippen LogP contribution in [0.1, 0.15) is 44.1 Å². The average molecular weight is 333 g/mol. The summed E-state index contributed by atoms with van der Waals surface area (Å²) >= 11 is 6.03. The second kappa shape index (κ2) is 8.63. The van der Waals surface area contributed by atoms with Gasteiger partial charge in [0.15, 0.2) is 0 Å². The first-order valence-electron chi connectivity index (χ1n) is 7.93. The van der Waals surface area contributed by atoms with Crippen LogP contribution in [0, 0.1) is 0 Å². The van der Waals surface area contributed by atoms with Gasteiger partial charge in [-0.2, -0.15) is 0 Å². The molecule has 0 fully saturated rings. The van der Waals surface area contributed by atoms with E-state index in [9.17, 15) is 9.59 Å². The summed E-state index contributed by atoms with van der Waals surface area (Å²) in [6.45, 7) is 2.17. The maximum Gasteiger partial charge on any atom is 0.254 e. The van der Waals surface area contributed by atoms with Crippen molar-refractivity contribution in [3.8, 4) is 0 Å². The van der Waals surface area contributed by atoms with Crippen LogP contribution in [0.5, 0.6) is 0 Å². The molecule has 0 N–H and O–H groups in total. The highest BCUT2D eigenvalue weighted by atomic mass is 35.5. The minimum atomic E-state index is -0.192. The lowest BCUT2D eigenvalue weighted by molar-refractivity contribution is -0.108. The molecule has 0 spiro atoms. The fourth-order valence-corrected chi connectivity index (χ4v) is 2.62. The zero-order chi connectivity index (χ0) is 16.7. The average Bonchev–Trinajstić information content (AvgIpc) is 2.75. The molecule has 23 heavy (non-hydrogen) atoms. The number of hydrogen-bond donors (Lipinski definition) is 0. The third-order valence-corrected chi connectivity index (χ3v) is 3.98. The number of hydrogen-bond acceptors (Lipinski definition) is 3. The summed E-state index contributed by atoms with van der Waals surface area (Å²) in [6, 6.07) is 1.48. The van der Waals surface area contributed by atoms with E-state index in [0.29, 0.717) is 24.4 Å². The van der Waals surface area contributed by atoms with E-state index >= 15 is 0 Å². The zero-order valence-corrected chi connectivity index (χ0v) is 14.1. The van der Waals surface area contributed by atoms with E-state index < -0.39 is 0 Å². The fourth-order valence-electron chi connectivity index (χ4n) is 2.47. The Labute approximate surface area is 141 Å². The first kappa shape index (κ1) is 17.4. The van der Waals surface area contributed by atoms with Gasteiger partial charge in [0.1, 0.15) is 12.1 Å². The van der Waals surface area contributed by atoms with Gasteiger partial charge in [0.05, 0.1) is 12.2 Å². The molecule has 1 aromatic heterocycles. The number of unbranched alkanes of at least 4 members (excludes halogenated alkanes) is 2. The third-order valence-electron chi connectivity index (χ3n) is 3.70. The van der Waals surface area contributed by atoms with Gasteiger partial charge in [0, 0.05) is 29.5 Å². The van der Waals surface area contributed by atoms with Crippen LogP contribution in [-0.4, -0.2) is 15.8 Å². The Morgan fingerprint density at radius 1 is 1.35 bits per heavy atom. The molecule has 4 nitrogen and oxygen atoms in total. The van der Waals surface area contributed by atoms with Crippen molar-refractivity contribution in [2.75, 3.05) is 0 Å². The van der Waals surface area contributed by atoms with Gasteiger partial charge >= 0.3 is 0 Å². The first-order chi connectivity index (χ1) is 11.2. The number of aromatic nitrogens is 2. The van der Waals surface area contributed by atoms with Crippen LogP contribution in [0.3, 0.4) is 0 Å². The van der Waals surface area contributed by atoms with E-state index in [1.807, 2.05) is 24.3 Å². The number of halogens is 1. The third kappa shape index (κ3) is 4.76. The number of carbonyl (C=O) groups is 1. The molecule has 1 aliphatic rings. The molecule has 2 rings (SSSR count). The summed E-state index contributed by atoms with van der Waals surface area (Å²) < 4.78 is 1.45. The Bertz CT molecular complexity index is 714. The molecule has 0 unspecified atom stereocenters. The van der Waals surface area contributed by atoms with Crippen LogP contribution in [-0.2, 0) is 17.8 Å². The van der Waals surface area contributed by atoms with Crippen molar-refractivity contribution in [3.63, 3.8) is 0 Å². The molecule has 0 saturated carbocycles. The van der Waals surface area contributed by atoms with E-state index in [1.165, 1.54) is 10.6 Å². The van der Waals surface area contributed by atoms with Gasteiger partial charge in [-0.15, -0.1) is 0 Å². The van der Waals surface area contributed by atoms with Gasteiger partial charge in [-0.05, 0) is 12.5 Å². The molecular weight excluding hydrogens is 312 g/mol. The van der Waals surface area contributed by atoms with Gasteiger partial charge in [0.25, 0.3) is 5.56 Å². The SMILES string of the molecule is CCCCCc1nc(C2=CC=C(Cl)CC=C2)cc(=O)n1CC=O. The molecule has 0 aromatic carbocycles. The Hall–Kier alpha value is -1.94. The summed E-state index contributed by atoms with van der Waals surface area (Å²) in [6.07, 6.45) is 12.8. The van der Waals surface area contributed by atoms with E-state index in [2.05, 4.69) is 11.9 Å². The molecule has 0 bridgehead atoms. The van der Waals surface area contributed by atoms with Gasteiger partial charge in [-0.3, -0.25) is 9.36 Å². The Balaban J connectivity index is 2.41. The summed E-state index contributed by atoms with van der Waals surface area (Å²) in [5.74, 6) is 0.668. The van der Waals surface area contributed by atoms with E-state index in [1.54, 1.807) is 0 Å². The highest BCUT2D eigenvalue weighted by Crippen LogP contribution is 2.20. The van der Waals surface area contributed by atoms with Crippen LogP contribution in [0.25, 0.3) is 5.57 Å². The zero-order valence-electron chi connectivity index (χ0n) is 13.3. The molecule has 0 aliphatic heterocycles. The number of nitrogens with zero attached hydrogens (tertiary/aromatic N) is 2.